The molecule has 0 rings (SSSR count). The molecule has 0 aromatic carbocycles. The van der Waals surface area contributed by atoms with Crippen LogP contribution in [0.2, 0.25) is 0 Å². The second kappa shape index (κ2) is 10.5. The maximum atomic E-state index is 11.3. The Kier molecular flexibility index (Phi) is 10.2. The summed E-state index contributed by atoms with van der Waals surface area (Å²) in [6.07, 6.45) is 1.06. The lowest BCUT2D eigenvalue weighted by Gasteiger charge is -2.09. The molecule has 0 fully saturated rings. The van der Waals surface area contributed by atoms with Crippen LogP contribution in [0.25, 0.3) is 0 Å². The molecule has 0 saturated heterocycles. The topological polar surface area (TPSA) is 47.6 Å². The van der Waals surface area contributed by atoms with E-state index >= 15 is 0 Å². The molecule has 17 heavy (non-hydrogen) atoms. The van der Waals surface area contributed by atoms with Crippen molar-refractivity contribution in [3.05, 3.63) is 0 Å². The summed E-state index contributed by atoms with van der Waals surface area (Å²) in [5.41, 5.74) is 0. The molecule has 0 aromatic heterocycles. The molecule has 4 nitrogen and oxygen atoms in total. The molecule has 0 aliphatic rings. The maximum Gasteiger partial charge on any atom is 0.246 e. The van der Waals surface area contributed by atoms with Crippen molar-refractivity contribution in [2.45, 2.75) is 34.1 Å². The lowest BCUT2D eigenvalue weighted by molar-refractivity contribution is -0.126. The molecule has 0 spiro atoms. The molecule has 1 amide bonds. The third-order valence-corrected chi connectivity index (χ3v) is 2.09. The van der Waals surface area contributed by atoms with Crippen LogP contribution in [0.1, 0.15) is 34.1 Å². The minimum atomic E-state index is -0.0712. The molecule has 0 aliphatic carbocycles. The molecule has 1 N–H and O–H groups in total. The highest BCUT2D eigenvalue weighted by atomic mass is 16.5. The van der Waals surface area contributed by atoms with Crippen LogP contribution in [0.15, 0.2) is 0 Å². The molecule has 102 valence electrons. The van der Waals surface area contributed by atoms with E-state index in [1.54, 1.807) is 0 Å². The summed E-state index contributed by atoms with van der Waals surface area (Å²) in [5.74, 6) is 1.05. The van der Waals surface area contributed by atoms with Gasteiger partial charge in [-0.2, -0.15) is 0 Å². The third-order valence-electron chi connectivity index (χ3n) is 2.09. The van der Waals surface area contributed by atoms with Crippen molar-refractivity contribution in [1.82, 2.24) is 5.32 Å². The van der Waals surface area contributed by atoms with E-state index in [1.807, 2.05) is 0 Å². The van der Waals surface area contributed by atoms with Crippen molar-refractivity contribution in [3.8, 4) is 0 Å². The van der Waals surface area contributed by atoms with Crippen LogP contribution in [0, 0.1) is 11.8 Å². The van der Waals surface area contributed by atoms with Gasteiger partial charge in [-0.3, -0.25) is 4.79 Å². The Bertz CT molecular complexity index is 193. The molecule has 0 saturated carbocycles. The average molecular weight is 245 g/mol. The van der Waals surface area contributed by atoms with Gasteiger partial charge >= 0.3 is 0 Å². The lowest BCUT2D eigenvalue weighted by atomic mass is 10.1. The molecule has 0 radical (unpaired) electrons. The zero-order valence-electron chi connectivity index (χ0n) is 11.6. The fourth-order valence-corrected chi connectivity index (χ4v) is 1.12. The first-order valence-electron chi connectivity index (χ1n) is 6.44. The second-order valence-corrected chi connectivity index (χ2v) is 5.05. The van der Waals surface area contributed by atoms with Gasteiger partial charge in [-0.25, -0.2) is 0 Å². The highest BCUT2D eigenvalue weighted by Gasteiger charge is 2.01. The zero-order chi connectivity index (χ0) is 13.1. The average Bonchev–Trinajstić information content (AvgIpc) is 2.22. The van der Waals surface area contributed by atoms with Gasteiger partial charge in [-0.05, 0) is 18.3 Å². The summed E-state index contributed by atoms with van der Waals surface area (Å²) >= 11 is 0. The Morgan fingerprint density at radius 2 is 1.76 bits per heavy atom. The first kappa shape index (κ1) is 16.4. The quantitative estimate of drug-likeness (QED) is 0.597. The van der Waals surface area contributed by atoms with Gasteiger partial charge < -0.3 is 14.8 Å². The summed E-state index contributed by atoms with van der Waals surface area (Å²) in [4.78, 5) is 11.3. The number of nitrogens with one attached hydrogen (secondary N) is 1. The zero-order valence-corrected chi connectivity index (χ0v) is 11.6. The number of ether oxygens (including phenoxy) is 2. The van der Waals surface area contributed by atoms with E-state index < -0.39 is 0 Å². The summed E-state index contributed by atoms with van der Waals surface area (Å²) < 4.78 is 10.6. The highest BCUT2D eigenvalue weighted by Crippen LogP contribution is 1.98. The number of rotatable bonds is 10. The number of amides is 1. The van der Waals surface area contributed by atoms with E-state index in [0.29, 0.717) is 31.6 Å². The monoisotopic (exact) mass is 245 g/mol. The van der Waals surface area contributed by atoms with E-state index in [2.05, 4.69) is 33.0 Å². The van der Waals surface area contributed by atoms with Gasteiger partial charge in [0.1, 0.15) is 6.61 Å². The molecule has 0 unspecified atom stereocenters. The number of hydrogen-bond acceptors (Lipinski definition) is 3. The summed E-state index contributed by atoms with van der Waals surface area (Å²) in [5, 5.41) is 2.76. The summed E-state index contributed by atoms with van der Waals surface area (Å²) in [6.45, 7) is 11.1. The molecule has 0 bridgehead atoms. The Labute approximate surface area is 105 Å². The standard InChI is InChI=1S/C13H27NO3/c1-11(2)5-7-16-8-6-14-13(15)10-17-9-12(3)4/h11-12H,5-10H2,1-4H3,(H,14,15). The Balaban J connectivity index is 3.22. The molecular formula is C13H27NO3. The van der Waals surface area contributed by atoms with Crippen LogP contribution in [-0.2, 0) is 14.3 Å². The van der Waals surface area contributed by atoms with Crippen molar-refractivity contribution in [2.24, 2.45) is 11.8 Å². The smallest absolute Gasteiger partial charge is 0.246 e. The van der Waals surface area contributed by atoms with Crippen molar-refractivity contribution in [2.75, 3.05) is 33.0 Å². The summed E-state index contributed by atoms with van der Waals surface area (Å²) in [6, 6.07) is 0. The molecule has 4 heteroatoms. The van der Waals surface area contributed by atoms with Crippen LogP contribution in [0.4, 0.5) is 0 Å². The third kappa shape index (κ3) is 13.3. The van der Waals surface area contributed by atoms with E-state index in [4.69, 9.17) is 9.47 Å². The predicted octanol–water partition coefficient (Wildman–Crippen LogP) is 1.84. The molecule has 0 atom stereocenters. The maximum absolute atomic E-state index is 11.3. The normalized spacial score (nSPS) is 11.2. The molecule has 0 aromatic rings. The highest BCUT2D eigenvalue weighted by molar-refractivity contribution is 5.77. The van der Waals surface area contributed by atoms with Crippen molar-refractivity contribution in [1.29, 1.82) is 0 Å². The minimum absolute atomic E-state index is 0.0712. The van der Waals surface area contributed by atoms with Crippen LogP contribution >= 0.6 is 0 Å². The van der Waals surface area contributed by atoms with E-state index in [1.165, 1.54) is 0 Å². The Morgan fingerprint density at radius 3 is 2.35 bits per heavy atom. The second-order valence-electron chi connectivity index (χ2n) is 5.05. The largest absolute Gasteiger partial charge is 0.380 e. The van der Waals surface area contributed by atoms with Crippen LogP contribution in [0.5, 0.6) is 0 Å². The number of carbonyl (C=O) groups is 1. The van der Waals surface area contributed by atoms with Crippen molar-refractivity contribution < 1.29 is 14.3 Å². The predicted molar refractivity (Wildman–Crippen MR) is 68.9 cm³/mol. The van der Waals surface area contributed by atoms with Gasteiger partial charge in [0.2, 0.25) is 5.91 Å². The van der Waals surface area contributed by atoms with Gasteiger partial charge in [-0.15, -0.1) is 0 Å². The van der Waals surface area contributed by atoms with Crippen LogP contribution in [0.3, 0.4) is 0 Å². The van der Waals surface area contributed by atoms with E-state index in [9.17, 15) is 4.79 Å². The SMILES string of the molecule is CC(C)CCOCCNC(=O)COCC(C)C. The molecule has 0 aliphatic heterocycles. The lowest BCUT2D eigenvalue weighted by Crippen LogP contribution is -2.31. The van der Waals surface area contributed by atoms with Gasteiger partial charge in [0.15, 0.2) is 0 Å². The van der Waals surface area contributed by atoms with Crippen molar-refractivity contribution in [3.63, 3.8) is 0 Å². The van der Waals surface area contributed by atoms with Crippen molar-refractivity contribution >= 4 is 5.91 Å². The first-order valence-corrected chi connectivity index (χ1v) is 6.44. The molecular weight excluding hydrogens is 218 g/mol. The van der Waals surface area contributed by atoms with Gasteiger partial charge in [-0.1, -0.05) is 27.7 Å². The fourth-order valence-electron chi connectivity index (χ4n) is 1.12. The van der Waals surface area contributed by atoms with Gasteiger partial charge in [0, 0.05) is 19.8 Å². The first-order chi connectivity index (χ1) is 8.02. The van der Waals surface area contributed by atoms with Crippen LogP contribution in [-0.4, -0.2) is 38.9 Å². The Morgan fingerprint density at radius 1 is 1.06 bits per heavy atom. The Hall–Kier alpha value is -0.610. The van der Waals surface area contributed by atoms with Gasteiger partial charge in [0.25, 0.3) is 0 Å². The van der Waals surface area contributed by atoms with Crippen LogP contribution < -0.4 is 5.32 Å². The van der Waals surface area contributed by atoms with E-state index in [0.717, 1.165) is 13.0 Å². The summed E-state index contributed by atoms with van der Waals surface area (Å²) in [7, 11) is 0. The number of carbonyl (C=O) groups excluding carboxylic acids is 1. The van der Waals surface area contributed by atoms with Gasteiger partial charge in [0.05, 0.1) is 6.61 Å². The fraction of sp³-hybridized carbons (Fsp3) is 0.923. The van der Waals surface area contributed by atoms with E-state index in [-0.39, 0.29) is 12.5 Å². The minimum Gasteiger partial charge on any atom is -0.380 e. The molecule has 0 heterocycles. The number of hydrogen-bond donors (Lipinski definition) is 1.